The number of ether oxygens (including phenoxy) is 1. The molecule has 188 valence electrons. The Morgan fingerprint density at radius 2 is 2.00 bits per heavy atom. The molecule has 0 spiro atoms. The average Bonchev–Trinajstić information content (AvgIpc) is 3.57. The second-order valence-corrected chi connectivity index (χ2v) is 8.61. The van der Waals surface area contributed by atoms with Gasteiger partial charge in [0.2, 0.25) is 5.88 Å². The van der Waals surface area contributed by atoms with E-state index < -0.39 is 0 Å². The number of amides is 1. The number of aryl methyl sites for hydroxylation is 2. The molecule has 3 aromatic heterocycles. The van der Waals surface area contributed by atoms with Gasteiger partial charge in [0.25, 0.3) is 5.91 Å². The van der Waals surface area contributed by atoms with Crippen molar-refractivity contribution in [3.8, 4) is 34.1 Å². The molecule has 0 aliphatic carbocycles. The molecule has 0 saturated heterocycles. The van der Waals surface area contributed by atoms with Crippen molar-refractivity contribution in [1.82, 2.24) is 29.8 Å². The normalized spacial score (nSPS) is 11.1. The first kappa shape index (κ1) is 24.1. The Morgan fingerprint density at radius 3 is 2.84 bits per heavy atom. The Labute approximate surface area is 214 Å². The number of phenols is 1. The summed E-state index contributed by atoms with van der Waals surface area (Å²) < 4.78 is 7.49. The highest BCUT2D eigenvalue weighted by molar-refractivity contribution is 5.97. The van der Waals surface area contributed by atoms with Gasteiger partial charge in [-0.2, -0.15) is 0 Å². The van der Waals surface area contributed by atoms with Crippen molar-refractivity contribution in [1.29, 1.82) is 0 Å². The Kier molecular flexibility index (Phi) is 6.85. The van der Waals surface area contributed by atoms with Crippen molar-refractivity contribution >= 4 is 16.9 Å². The summed E-state index contributed by atoms with van der Waals surface area (Å²) >= 11 is 0. The second kappa shape index (κ2) is 10.5. The molecule has 9 nitrogen and oxygen atoms in total. The molecule has 9 heteroatoms. The molecule has 0 aliphatic heterocycles. The fourth-order valence-electron chi connectivity index (χ4n) is 4.35. The SMILES string of the molecule is CCc1nccn1CCCNC(=O)c1ccc2[nH]c(-c3cc(-c4cccnc4OC)ccc3O)nc2c1. The summed E-state index contributed by atoms with van der Waals surface area (Å²) in [5.41, 5.74) is 4.11. The zero-order chi connectivity index (χ0) is 25.8. The van der Waals surface area contributed by atoms with Crippen molar-refractivity contribution in [2.75, 3.05) is 13.7 Å². The third kappa shape index (κ3) is 5.02. The molecule has 3 N–H and O–H groups in total. The van der Waals surface area contributed by atoms with Crippen molar-refractivity contribution in [2.45, 2.75) is 26.3 Å². The standard InChI is InChI=1S/C28H28N6O3/c1-3-25-29-13-15-34(25)14-5-12-30-27(36)19-7-9-22-23(17-19)33-26(32-22)21-16-18(8-10-24(21)35)20-6-4-11-31-28(20)37-2/h4,6-11,13,15-17,35H,3,5,12,14H2,1-2H3,(H,30,36)(H,32,33). The third-order valence-corrected chi connectivity index (χ3v) is 6.25. The Balaban J connectivity index is 1.32. The van der Waals surface area contributed by atoms with E-state index in [9.17, 15) is 9.90 Å². The molecule has 0 saturated carbocycles. The fraction of sp³-hybridized carbons (Fsp3) is 0.214. The minimum Gasteiger partial charge on any atom is -0.507 e. The molecule has 2 aromatic carbocycles. The number of pyridine rings is 1. The third-order valence-electron chi connectivity index (χ3n) is 6.25. The zero-order valence-electron chi connectivity index (χ0n) is 20.7. The van der Waals surface area contributed by atoms with Gasteiger partial charge in [-0.05, 0) is 54.4 Å². The number of imidazole rings is 2. The lowest BCUT2D eigenvalue weighted by Crippen LogP contribution is -2.25. The molecule has 5 aromatic rings. The summed E-state index contributed by atoms with van der Waals surface area (Å²) in [6.45, 7) is 3.44. The summed E-state index contributed by atoms with van der Waals surface area (Å²) in [4.78, 5) is 29.2. The number of H-pyrrole nitrogens is 1. The van der Waals surface area contributed by atoms with Gasteiger partial charge in [-0.3, -0.25) is 4.79 Å². The molecule has 1 amide bonds. The number of phenolic OH excluding ortho intramolecular Hbond substituents is 1. The van der Waals surface area contributed by atoms with Crippen molar-refractivity contribution in [3.05, 3.63) is 78.5 Å². The number of benzene rings is 2. The Bertz CT molecular complexity index is 1550. The van der Waals surface area contributed by atoms with Gasteiger partial charge in [-0.1, -0.05) is 13.0 Å². The first-order valence-electron chi connectivity index (χ1n) is 12.2. The molecule has 0 aliphatic rings. The van der Waals surface area contributed by atoms with Crippen LogP contribution in [0.1, 0.15) is 29.5 Å². The lowest BCUT2D eigenvalue weighted by atomic mass is 10.0. The highest BCUT2D eigenvalue weighted by Gasteiger charge is 2.15. The lowest BCUT2D eigenvalue weighted by Gasteiger charge is -2.09. The van der Waals surface area contributed by atoms with Crippen molar-refractivity contribution in [3.63, 3.8) is 0 Å². The minimum absolute atomic E-state index is 0.0905. The van der Waals surface area contributed by atoms with Gasteiger partial charge >= 0.3 is 0 Å². The molecular formula is C28H28N6O3. The number of nitrogens with one attached hydrogen (secondary N) is 2. The topological polar surface area (TPSA) is 118 Å². The van der Waals surface area contributed by atoms with Crippen molar-refractivity contribution < 1.29 is 14.6 Å². The number of aromatic nitrogens is 5. The van der Waals surface area contributed by atoms with E-state index >= 15 is 0 Å². The number of rotatable bonds is 9. The number of aromatic hydroxyl groups is 1. The molecule has 0 radical (unpaired) electrons. The monoisotopic (exact) mass is 496 g/mol. The largest absolute Gasteiger partial charge is 0.507 e. The zero-order valence-corrected chi connectivity index (χ0v) is 20.7. The van der Waals surface area contributed by atoms with Crippen LogP contribution in [0, 0.1) is 0 Å². The predicted octanol–water partition coefficient (Wildman–Crippen LogP) is 4.59. The van der Waals surface area contributed by atoms with E-state index in [-0.39, 0.29) is 11.7 Å². The summed E-state index contributed by atoms with van der Waals surface area (Å²) in [6.07, 6.45) is 7.12. The van der Waals surface area contributed by atoms with E-state index in [4.69, 9.17) is 4.74 Å². The van der Waals surface area contributed by atoms with Crippen LogP contribution in [0.25, 0.3) is 33.5 Å². The van der Waals surface area contributed by atoms with Gasteiger partial charge in [0.15, 0.2) is 0 Å². The van der Waals surface area contributed by atoms with Gasteiger partial charge in [-0.25, -0.2) is 15.0 Å². The lowest BCUT2D eigenvalue weighted by molar-refractivity contribution is 0.0953. The second-order valence-electron chi connectivity index (χ2n) is 8.61. The number of carbonyl (C=O) groups excluding carboxylic acids is 1. The Morgan fingerprint density at radius 1 is 1.11 bits per heavy atom. The van der Waals surface area contributed by atoms with Crippen LogP contribution in [0.5, 0.6) is 11.6 Å². The number of fused-ring (bicyclic) bond motifs is 1. The molecule has 3 heterocycles. The number of hydrogen-bond donors (Lipinski definition) is 3. The van der Waals surface area contributed by atoms with E-state index in [0.717, 1.165) is 41.9 Å². The van der Waals surface area contributed by atoms with Crippen LogP contribution in [0.4, 0.5) is 0 Å². The van der Waals surface area contributed by atoms with Crippen LogP contribution in [-0.2, 0) is 13.0 Å². The first-order chi connectivity index (χ1) is 18.1. The average molecular weight is 497 g/mol. The van der Waals surface area contributed by atoms with E-state index in [1.807, 2.05) is 30.5 Å². The van der Waals surface area contributed by atoms with Gasteiger partial charge in [-0.15, -0.1) is 0 Å². The summed E-state index contributed by atoms with van der Waals surface area (Å²) in [5.74, 6) is 1.98. The van der Waals surface area contributed by atoms with E-state index in [2.05, 4.69) is 36.7 Å². The van der Waals surface area contributed by atoms with Crippen LogP contribution < -0.4 is 10.1 Å². The highest BCUT2D eigenvalue weighted by Crippen LogP contribution is 2.35. The molecule has 0 unspecified atom stereocenters. The van der Waals surface area contributed by atoms with Gasteiger partial charge in [0, 0.05) is 49.2 Å². The molecule has 0 fully saturated rings. The number of methoxy groups -OCH3 is 1. The van der Waals surface area contributed by atoms with Crippen molar-refractivity contribution in [2.24, 2.45) is 0 Å². The van der Waals surface area contributed by atoms with Crippen LogP contribution in [0.2, 0.25) is 0 Å². The number of hydrogen-bond acceptors (Lipinski definition) is 6. The van der Waals surface area contributed by atoms with Crippen LogP contribution in [0.3, 0.4) is 0 Å². The minimum atomic E-state index is -0.152. The number of nitrogens with zero attached hydrogens (tertiary/aromatic N) is 4. The summed E-state index contributed by atoms with van der Waals surface area (Å²) in [6, 6.07) is 14.3. The number of carbonyl (C=O) groups is 1. The predicted molar refractivity (Wildman–Crippen MR) is 142 cm³/mol. The summed E-state index contributed by atoms with van der Waals surface area (Å²) in [7, 11) is 1.57. The highest BCUT2D eigenvalue weighted by atomic mass is 16.5. The molecule has 0 atom stereocenters. The maximum Gasteiger partial charge on any atom is 0.251 e. The van der Waals surface area contributed by atoms with Crippen LogP contribution >= 0.6 is 0 Å². The van der Waals surface area contributed by atoms with E-state index in [1.165, 1.54) is 0 Å². The van der Waals surface area contributed by atoms with Gasteiger partial charge < -0.3 is 24.7 Å². The van der Waals surface area contributed by atoms with E-state index in [0.29, 0.717) is 34.9 Å². The smallest absolute Gasteiger partial charge is 0.251 e. The first-order valence-corrected chi connectivity index (χ1v) is 12.2. The summed E-state index contributed by atoms with van der Waals surface area (Å²) in [5, 5.41) is 13.6. The molecular weight excluding hydrogens is 468 g/mol. The quantitative estimate of drug-likeness (QED) is 0.257. The molecule has 5 rings (SSSR count). The Hall–Kier alpha value is -4.66. The van der Waals surface area contributed by atoms with Gasteiger partial charge in [0.05, 0.1) is 23.7 Å². The van der Waals surface area contributed by atoms with Crippen LogP contribution in [-0.4, -0.2) is 49.2 Å². The maximum absolute atomic E-state index is 12.7. The van der Waals surface area contributed by atoms with E-state index in [1.54, 1.807) is 43.8 Å². The maximum atomic E-state index is 12.7. The van der Waals surface area contributed by atoms with Gasteiger partial charge in [0.1, 0.15) is 17.4 Å². The van der Waals surface area contributed by atoms with Crippen LogP contribution in [0.15, 0.2) is 67.1 Å². The molecule has 0 bridgehead atoms. The fourth-order valence-corrected chi connectivity index (χ4v) is 4.35. The molecule has 37 heavy (non-hydrogen) atoms. The number of aromatic amines is 1.